The van der Waals surface area contributed by atoms with Crippen molar-refractivity contribution >= 4 is 5.69 Å². The van der Waals surface area contributed by atoms with Gasteiger partial charge >= 0.3 is 0 Å². The van der Waals surface area contributed by atoms with E-state index in [0.29, 0.717) is 6.04 Å². The Balaban J connectivity index is 2.70. The van der Waals surface area contributed by atoms with Gasteiger partial charge in [0.1, 0.15) is 0 Å². The molecule has 1 aromatic rings. The fraction of sp³-hybridized carbons (Fsp3) is 0.571. The molecule has 0 aliphatic heterocycles. The van der Waals surface area contributed by atoms with Crippen LogP contribution in [0, 0.1) is 0 Å². The summed E-state index contributed by atoms with van der Waals surface area (Å²) in [7, 11) is 1.97. The van der Waals surface area contributed by atoms with Crippen molar-refractivity contribution in [2.75, 3.05) is 31.6 Å². The van der Waals surface area contributed by atoms with Gasteiger partial charge < -0.3 is 15.3 Å². The van der Waals surface area contributed by atoms with Gasteiger partial charge in [0.05, 0.1) is 0 Å². The lowest BCUT2D eigenvalue weighted by Gasteiger charge is -2.23. The molecule has 0 saturated heterocycles. The number of nitrogens with one attached hydrogen (secondary N) is 1. The first-order valence-corrected chi connectivity index (χ1v) is 6.36. The van der Waals surface area contributed by atoms with Crippen molar-refractivity contribution < 1.29 is 5.11 Å². The Morgan fingerprint density at radius 1 is 1.29 bits per heavy atom. The van der Waals surface area contributed by atoms with Crippen LogP contribution in [0.3, 0.4) is 0 Å². The van der Waals surface area contributed by atoms with Crippen LogP contribution in [-0.4, -0.2) is 31.9 Å². The van der Waals surface area contributed by atoms with Crippen molar-refractivity contribution in [1.29, 1.82) is 0 Å². The van der Waals surface area contributed by atoms with Crippen LogP contribution in [0.2, 0.25) is 0 Å². The zero-order chi connectivity index (χ0) is 12.7. The molecule has 0 spiro atoms. The molecule has 96 valence electrons. The number of hydrogen-bond acceptors (Lipinski definition) is 3. The highest BCUT2D eigenvalue weighted by atomic mass is 16.3. The smallest absolute Gasteiger partial charge is 0.0447 e. The minimum absolute atomic E-state index is 0.255. The largest absolute Gasteiger partial charge is 0.396 e. The Morgan fingerprint density at radius 2 is 1.94 bits per heavy atom. The molecule has 0 bridgehead atoms. The van der Waals surface area contributed by atoms with Crippen LogP contribution in [0.15, 0.2) is 24.3 Å². The Bertz CT molecular complexity index is 311. The zero-order valence-electron chi connectivity index (χ0n) is 11.1. The molecule has 0 aliphatic carbocycles. The highest BCUT2D eigenvalue weighted by molar-refractivity contribution is 5.47. The normalized spacial score (nSPS) is 12.5. The van der Waals surface area contributed by atoms with Crippen LogP contribution >= 0.6 is 0 Å². The molecule has 17 heavy (non-hydrogen) atoms. The van der Waals surface area contributed by atoms with Crippen LogP contribution in [0.1, 0.15) is 31.9 Å². The van der Waals surface area contributed by atoms with Gasteiger partial charge in [0.25, 0.3) is 0 Å². The molecule has 0 amide bonds. The van der Waals surface area contributed by atoms with Crippen molar-refractivity contribution in [2.24, 2.45) is 0 Å². The molecule has 0 radical (unpaired) electrons. The quantitative estimate of drug-likeness (QED) is 0.761. The molecular formula is C14H24N2O. The summed E-state index contributed by atoms with van der Waals surface area (Å²) in [6.07, 6.45) is 0.822. The third-order valence-corrected chi connectivity index (χ3v) is 3.16. The maximum Gasteiger partial charge on any atom is 0.0447 e. The predicted molar refractivity (Wildman–Crippen MR) is 73.5 cm³/mol. The molecular weight excluding hydrogens is 212 g/mol. The van der Waals surface area contributed by atoms with Gasteiger partial charge in [-0.2, -0.15) is 0 Å². The van der Waals surface area contributed by atoms with Gasteiger partial charge in [-0.25, -0.2) is 0 Å². The van der Waals surface area contributed by atoms with Crippen LogP contribution in [0.5, 0.6) is 0 Å². The second-order valence-corrected chi connectivity index (χ2v) is 4.26. The average Bonchev–Trinajstić information content (AvgIpc) is 2.39. The van der Waals surface area contributed by atoms with Gasteiger partial charge in [-0.3, -0.25) is 0 Å². The van der Waals surface area contributed by atoms with Gasteiger partial charge in [-0.1, -0.05) is 12.1 Å². The van der Waals surface area contributed by atoms with E-state index < -0.39 is 0 Å². The van der Waals surface area contributed by atoms with E-state index >= 15 is 0 Å². The molecule has 0 heterocycles. The van der Waals surface area contributed by atoms with E-state index in [9.17, 15) is 0 Å². The number of anilines is 1. The first kappa shape index (κ1) is 14.0. The van der Waals surface area contributed by atoms with Crippen LogP contribution < -0.4 is 10.2 Å². The second kappa shape index (κ2) is 7.30. The monoisotopic (exact) mass is 236 g/mol. The molecule has 0 saturated carbocycles. The third-order valence-electron chi connectivity index (χ3n) is 3.16. The Labute approximate surface area is 104 Å². The minimum Gasteiger partial charge on any atom is -0.396 e. The summed E-state index contributed by atoms with van der Waals surface area (Å²) >= 11 is 0. The van der Waals surface area contributed by atoms with Crippen molar-refractivity contribution in [2.45, 2.75) is 26.3 Å². The van der Waals surface area contributed by atoms with Gasteiger partial charge in [0.2, 0.25) is 0 Å². The van der Waals surface area contributed by atoms with E-state index in [1.165, 1.54) is 11.3 Å². The number of nitrogens with zero attached hydrogens (tertiary/aromatic N) is 1. The van der Waals surface area contributed by atoms with Gasteiger partial charge in [0, 0.05) is 31.4 Å². The number of aliphatic hydroxyl groups excluding tert-OH is 1. The molecule has 1 atom stereocenters. The van der Waals surface area contributed by atoms with Crippen LogP contribution in [-0.2, 0) is 0 Å². The minimum atomic E-state index is 0.255. The maximum atomic E-state index is 8.87. The van der Waals surface area contributed by atoms with Crippen LogP contribution in [0.4, 0.5) is 5.69 Å². The summed E-state index contributed by atoms with van der Waals surface area (Å²) in [5, 5.41) is 12.1. The summed E-state index contributed by atoms with van der Waals surface area (Å²) in [6, 6.07) is 9.03. The topological polar surface area (TPSA) is 35.5 Å². The first-order chi connectivity index (χ1) is 8.22. The first-order valence-electron chi connectivity index (χ1n) is 6.36. The van der Waals surface area contributed by atoms with E-state index in [2.05, 4.69) is 48.3 Å². The fourth-order valence-corrected chi connectivity index (χ4v) is 1.87. The van der Waals surface area contributed by atoms with Gasteiger partial charge in [0.15, 0.2) is 0 Å². The van der Waals surface area contributed by atoms with E-state index in [1.807, 2.05) is 7.05 Å². The van der Waals surface area contributed by atoms with Crippen molar-refractivity contribution in [1.82, 2.24) is 5.32 Å². The summed E-state index contributed by atoms with van der Waals surface area (Å²) in [4.78, 5) is 2.28. The fourth-order valence-electron chi connectivity index (χ4n) is 1.87. The van der Waals surface area contributed by atoms with Crippen molar-refractivity contribution in [3.05, 3.63) is 29.8 Å². The van der Waals surface area contributed by atoms with Crippen LogP contribution in [0.25, 0.3) is 0 Å². The summed E-state index contributed by atoms with van der Waals surface area (Å²) in [6.45, 7) is 6.43. The molecule has 2 N–H and O–H groups in total. The molecule has 0 aromatic heterocycles. The highest BCUT2D eigenvalue weighted by Gasteiger charge is 2.05. The van der Waals surface area contributed by atoms with E-state index in [4.69, 9.17) is 5.11 Å². The lowest BCUT2D eigenvalue weighted by Crippen LogP contribution is -2.24. The summed E-state index contributed by atoms with van der Waals surface area (Å²) in [5.74, 6) is 0. The molecule has 3 nitrogen and oxygen atoms in total. The Hall–Kier alpha value is -1.06. The summed E-state index contributed by atoms with van der Waals surface area (Å²) in [5.41, 5.74) is 2.53. The average molecular weight is 236 g/mol. The lowest BCUT2D eigenvalue weighted by atomic mass is 10.1. The second-order valence-electron chi connectivity index (χ2n) is 4.26. The maximum absolute atomic E-state index is 8.87. The van der Waals surface area contributed by atoms with Gasteiger partial charge in [-0.15, -0.1) is 0 Å². The van der Waals surface area contributed by atoms with Crippen molar-refractivity contribution in [3.63, 3.8) is 0 Å². The molecule has 1 rings (SSSR count). The number of benzene rings is 1. The van der Waals surface area contributed by atoms with E-state index in [1.54, 1.807) is 0 Å². The molecule has 1 aromatic carbocycles. The Kier molecular flexibility index (Phi) is 6.01. The lowest BCUT2D eigenvalue weighted by molar-refractivity contribution is 0.289. The molecule has 0 aliphatic rings. The predicted octanol–water partition coefficient (Wildman–Crippen LogP) is 2.18. The molecule has 1 unspecified atom stereocenters. The third kappa shape index (κ3) is 4.02. The molecule has 0 fully saturated rings. The number of aliphatic hydroxyl groups is 1. The van der Waals surface area contributed by atoms with E-state index in [0.717, 1.165) is 19.5 Å². The molecule has 3 heteroatoms. The number of rotatable bonds is 7. The summed E-state index contributed by atoms with van der Waals surface area (Å²) < 4.78 is 0. The zero-order valence-corrected chi connectivity index (χ0v) is 11.1. The van der Waals surface area contributed by atoms with Crippen molar-refractivity contribution in [3.8, 4) is 0 Å². The SMILES string of the molecule is CCN(CCCO)c1ccc(C(C)NC)cc1. The standard InChI is InChI=1S/C14H24N2O/c1-4-16(10-5-11-17)14-8-6-13(7-9-14)12(2)15-3/h6-9,12,15,17H,4-5,10-11H2,1-3H3. The van der Waals surface area contributed by atoms with E-state index in [-0.39, 0.29) is 6.61 Å². The van der Waals surface area contributed by atoms with Gasteiger partial charge in [-0.05, 0) is 45.0 Å². The number of hydrogen-bond donors (Lipinski definition) is 2. The highest BCUT2D eigenvalue weighted by Crippen LogP contribution is 2.19. The Morgan fingerprint density at radius 3 is 2.41 bits per heavy atom.